The molecule has 7 heteroatoms. The van der Waals surface area contributed by atoms with Crippen LogP contribution in [0.3, 0.4) is 0 Å². The minimum Gasteiger partial charge on any atom is -0.466 e. The van der Waals surface area contributed by atoms with Crippen LogP contribution in [0.4, 0.5) is 0 Å². The Balaban J connectivity index is 2.33. The number of aromatic nitrogens is 2. The topological polar surface area (TPSA) is 63.9 Å². The van der Waals surface area contributed by atoms with Crippen molar-refractivity contribution in [2.45, 2.75) is 33.6 Å². The molecule has 0 saturated heterocycles. The van der Waals surface area contributed by atoms with Crippen molar-refractivity contribution in [2.75, 3.05) is 20.2 Å². The highest BCUT2D eigenvalue weighted by atomic mass is 79.9. The molecule has 0 spiro atoms. The summed E-state index contributed by atoms with van der Waals surface area (Å²) in [5, 5.41) is 0. The Bertz CT molecular complexity index is 770. The van der Waals surface area contributed by atoms with E-state index in [9.17, 15) is 9.59 Å². The fraction of sp³-hybridized carbons (Fsp3) is 0.471. The quantitative estimate of drug-likeness (QED) is 0.705. The first-order valence-electron chi connectivity index (χ1n) is 7.97. The number of carbonyl (C=O) groups excluding carboxylic acids is 2. The van der Waals surface area contributed by atoms with Crippen LogP contribution in [0.2, 0.25) is 0 Å². The molecule has 6 nitrogen and oxygen atoms in total. The molecule has 2 rings (SSSR count). The molecule has 2 heterocycles. The number of ether oxygens (including phenoxy) is 1. The monoisotopic (exact) mass is 395 g/mol. The Morgan fingerprint density at radius 3 is 2.71 bits per heavy atom. The zero-order valence-corrected chi connectivity index (χ0v) is 16.0. The van der Waals surface area contributed by atoms with E-state index in [0.29, 0.717) is 25.3 Å². The summed E-state index contributed by atoms with van der Waals surface area (Å²) in [6.07, 6.45) is 2.73. The van der Waals surface area contributed by atoms with Crippen molar-refractivity contribution in [3.8, 4) is 0 Å². The van der Waals surface area contributed by atoms with Crippen LogP contribution in [-0.2, 0) is 16.0 Å². The van der Waals surface area contributed by atoms with Crippen molar-refractivity contribution in [1.29, 1.82) is 0 Å². The molecule has 2 aromatic rings. The SMILES string of the molecule is CCOC(=O)CCN(C)C(=O)c1c(CC)nc2c(Br)cc(C)cn12. The fourth-order valence-electron chi connectivity index (χ4n) is 2.53. The highest BCUT2D eigenvalue weighted by Gasteiger charge is 2.23. The number of fused-ring (bicyclic) bond motifs is 1. The third kappa shape index (κ3) is 3.77. The average molecular weight is 396 g/mol. The van der Waals surface area contributed by atoms with Crippen LogP contribution in [0.25, 0.3) is 5.65 Å². The van der Waals surface area contributed by atoms with Gasteiger partial charge in [0, 0.05) is 19.8 Å². The fourth-order valence-corrected chi connectivity index (χ4v) is 3.17. The number of carbonyl (C=O) groups is 2. The van der Waals surface area contributed by atoms with Gasteiger partial charge in [0.1, 0.15) is 5.69 Å². The van der Waals surface area contributed by atoms with E-state index < -0.39 is 0 Å². The van der Waals surface area contributed by atoms with Gasteiger partial charge in [-0.3, -0.25) is 14.0 Å². The lowest BCUT2D eigenvalue weighted by molar-refractivity contribution is -0.143. The van der Waals surface area contributed by atoms with E-state index in [1.165, 1.54) is 4.90 Å². The van der Waals surface area contributed by atoms with Crippen molar-refractivity contribution in [3.05, 3.63) is 33.7 Å². The van der Waals surface area contributed by atoms with Crippen LogP contribution in [-0.4, -0.2) is 46.4 Å². The van der Waals surface area contributed by atoms with Gasteiger partial charge in [0.25, 0.3) is 5.91 Å². The molecular formula is C17H22BrN3O3. The number of rotatable bonds is 6. The summed E-state index contributed by atoms with van der Waals surface area (Å²) >= 11 is 3.51. The molecule has 0 fully saturated rings. The first-order valence-corrected chi connectivity index (χ1v) is 8.76. The second kappa shape index (κ2) is 7.79. The van der Waals surface area contributed by atoms with E-state index in [1.54, 1.807) is 14.0 Å². The van der Waals surface area contributed by atoms with Crippen LogP contribution in [0.5, 0.6) is 0 Å². The van der Waals surface area contributed by atoms with Crippen LogP contribution < -0.4 is 0 Å². The number of halogens is 1. The molecule has 0 unspecified atom stereocenters. The molecule has 0 radical (unpaired) electrons. The molecule has 0 N–H and O–H groups in total. The zero-order chi connectivity index (χ0) is 17.9. The molecule has 1 amide bonds. The lowest BCUT2D eigenvalue weighted by atomic mass is 10.2. The second-order valence-electron chi connectivity index (χ2n) is 5.60. The van der Waals surface area contributed by atoms with Crippen LogP contribution in [0.1, 0.15) is 42.0 Å². The van der Waals surface area contributed by atoms with E-state index in [2.05, 4.69) is 20.9 Å². The standard InChI is InChI=1S/C17H22BrN3O3/c1-5-13-15(17(23)20(4)8-7-14(22)24-6-2)21-10-11(3)9-12(18)16(21)19-13/h9-10H,5-8H2,1-4H3. The summed E-state index contributed by atoms with van der Waals surface area (Å²) in [5.41, 5.74) is 3.04. The summed E-state index contributed by atoms with van der Waals surface area (Å²) in [6.45, 7) is 6.35. The highest BCUT2D eigenvalue weighted by Crippen LogP contribution is 2.23. The van der Waals surface area contributed by atoms with E-state index in [4.69, 9.17) is 4.74 Å². The summed E-state index contributed by atoms with van der Waals surface area (Å²) < 4.78 is 7.58. The molecule has 0 bridgehead atoms. The Hall–Kier alpha value is -1.89. The average Bonchev–Trinajstić information content (AvgIpc) is 2.90. The predicted molar refractivity (Wildman–Crippen MR) is 95.2 cm³/mol. The van der Waals surface area contributed by atoms with E-state index in [-0.39, 0.29) is 18.3 Å². The van der Waals surface area contributed by atoms with Gasteiger partial charge >= 0.3 is 5.97 Å². The number of hydrogen-bond acceptors (Lipinski definition) is 4. The van der Waals surface area contributed by atoms with Crippen molar-refractivity contribution >= 4 is 33.5 Å². The number of hydrogen-bond donors (Lipinski definition) is 0. The molecular weight excluding hydrogens is 374 g/mol. The maximum absolute atomic E-state index is 12.9. The Morgan fingerprint density at radius 2 is 2.08 bits per heavy atom. The molecule has 0 aliphatic rings. The normalized spacial score (nSPS) is 10.9. The maximum atomic E-state index is 12.9. The minimum atomic E-state index is -0.301. The van der Waals surface area contributed by atoms with Crippen LogP contribution >= 0.6 is 15.9 Å². The number of esters is 1. The van der Waals surface area contributed by atoms with Gasteiger partial charge in [-0.1, -0.05) is 6.92 Å². The molecule has 0 aromatic carbocycles. The van der Waals surface area contributed by atoms with E-state index >= 15 is 0 Å². The number of amides is 1. The summed E-state index contributed by atoms with van der Waals surface area (Å²) in [6, 6.07) is 1.97. The van der Waals surface area contributed by atoms with Crippen molar-refractivity contribution < 1.29 is 14.3 Å². The minimum absolute atomic E-state index is 0.152. The zero-order valence-electron chi connectivity index (χ0n) is 14.4. The van der Waals surface area contributed by atoms with Crippen LogP contribution in [0, 0.1) is 6.92 Å². The third-order valence-corrected chi connectivity index (χ3v) is 4.31. The molecule has 130 valence electrons. The molecule has 0 aliphatic heterocycles. The van der Waals surface area contributed by atoms with Gasteiger partial charge in [-0.05, 0) is 47.8 Å². The van der Waals surface area contributed by atoms with Crippen molar-refractivity contribution in [3.63, 3.8) is 0 Å². The second-order valence-corrected chi connectivity index (χ2v) is 6.46. The number of aryl methyl sites for hydroxylation is 2. The molecule has 0 atom stereocenters. The van der Waals surface area contributed by atoms with Crippen LogP contribution in [0.15, 0.2) is 16.7 Å². The van der Waals surface area contributed by atoms with Gasteiger partial charge < -0.3 is 9.64 Å². The Labute approximate surface area is 149 Å². The van der Waals surface area contributed by atoms with Gasteiger partial charge in [0.15, 0.2) is 5.65 Å². The molecule has 0 saturated carbocycles. The summed E-state index contributed by atoms with van der Waals surface area (Å²) in [4.78, 5) is 30.5. The predicted octanol–water partition coefficient (Wildman–Crippen LogP) is 2.99. The first-order chi connectivity index (χ1) is 11.4. The Morgan fingerprint density at radius 1 is 1.38 bits per heavy atom. The summed E-state index contributed by atoms with van der Waals surface area (Å²) in [5.74, 6) is -0.453. The smallest absolute Gasteiger partial charge is 0.307 e. The lowest BCUT2D eigenvalue weighted by Crippen LogP contribution is -2.31. The number of imidazole rings is 1. The first kappa shape index (κ1) is 18.4. The number of pyridine rings is 1. The van der Waals surface area contributed by atoms with Gasteiger partial charge in [-0.25, -0.2) is 4.98 Å². The van der Waals surface area contributed by atoms with Gasteiger partial charge in [0.05, 0.1) is 23.2 Å². The lowest BCUT2D eigenvalue weighted by Gasteiger charge is -2.17. The van der Waals surface area contributed by atoms with Crippen molar-refractivity contribution in [1.82, 2.24) is 14.3 Å². The van der Waals surface area contributed by atoms with E-state index in [1.807, 2.05) is 30.5 Å². The molecule has 0 aliphatic carbocycles. The maximum Gasteiger partial charge on any atom is 0.307 e. The molecule has 2 aromatic heterocycles. The third-order valence-electron chi connectivity index (χ3n) is 3.72. The highest BCUT2D eigenvalue weighted by molar-refractivity contribution is 9.10. The van der Waals surface area contributed by atoms with Crippen molar-refractivity contribution in [2.24, 2.45) is 0 Å². The van der Waals surface area contributed by atoms with E-state index in [0.717, 1.165) is 21.4 Å². The molecule has 24 heavy (non-hydrogen) atoms. The summed E-state index contributed by atoms with van der Waals surface area (Å²) in [7, 11) is 1.69. The largest absolute Gasteiger partial charge is 0.466 e. The number of nitrogens with zero attached hydrogens (tertiary/aromatic N) is 3. The Kier molecular flexibility index (Phi) is 5.99. The van der Waals surface area contributed by atoms with Gasteiger partial charge in [-0.15, -0.1) is 0 Å². The van der Waals surface area contributed by atoms with Gasteiger partial charge in [-0.2, -0.15) is 0 Å². The van der Waals surface area contributed by atoms with Gasteiger partial charge in [0.2, 0.25) is 0 Å².